The van der Waals surface area contributed by atoms with E-state index in [0.29, 0.717) is 11.5 Å². The van der Waals surface area contributed by atoms with Crippen LogP contribution in [-0.2, 0) is 0 Å². The summed E-state index contributed by atoms with van der Waals surface area (Å²) in [5, 5.41) is 21.2. The number of tetrazole rings is 1. The normalized spacial score (nSPS) is 11.0. The summed E-state index contributed by atoms with van der Waals surface area (Å²) >= 11 is 0. The number of aryl methyl sites for hydroxylation is 1. The molecule has 0 atom stereocenters. The molecule has 0 amide bonds. The molecule has 0 bridgehead atoms. The van der Waals surface area contributed by atoms with Crippen LogP contribution in [0.5, 0.6) is 0 Å². The minimum absolute atomic E-state index is 0.122. The number of carboxylic acids is 1. The van der Waals surface area contributed by atoms with Crippen molar-refractivity contribution >= 4 is 5.97 Å². The molecule has 1 N–H and O–H groups in total. The van der Waals surface area contributed by atoms with E-state index in [0.717, 1.165) is 16.7 Å². The predicted molar refractivity (Wildman–Crippen MR) is 90.4 cm³/mol. The Kier molecular flexibility index (Phi) is 4.12. The maximum atomic E-state index is 11.5. The summed E-state index contributed by atoms with van der Waals surface area (Å²) in [6.45, 7) is 5.99. The molecule has 3 rings (SSSR count). The first-order valence-corrected chi connectivity index (χ1v) is 7.70. The largest absolute Gasteiger partial charge is 0.478 e. The van der Waals surface area contributed by atoms with Crippen LogP contribution in [0.1, 0.15) is 41.5 Å². The fourth-order valence-electron chi connectivity index (χ4n) is 2.51. The SMILES string of the molecule is Cc1ccc(-c2cc(C(=O)O)cc(-n3nnnc3C(C)C)c2)cc1. The summed E-state index contributed by atoms with van der Waals surface area (Å²) in [4.78, 5) is 11.5. The summed E-state index contributed by atoms with van der Waals surface area (Å²) in [6.07, 6.45) is 0. The van der Waals surface area contributed by atoms with E-state index in [4.69, 9.17) is 0 Å². The van der Waals surface area contributed by atoms with Crippen LogP contribution in [0.2, 0.25) is 0 Å². The smallest absolute Gasteiger partial charge is 0.335 e. The van der Waals surface area contributed by atoms with Gasteiger partial charge in [0, 0.05) is 5.92 Å². The van der Waals surface area contributed by atoms with Gasteiger partial charge in [-0.1, -0.05) is 43.7 Å². The Bertz CT molecular complexity index is 882. The molecule has 0 radical (unpaired) electrons. The van der Waals surface area contributed by atoms with Crippen molar-refractivity contribution < 1.29 is 9.90 Å². The minimum atomic E-state index is -0.982. The van der Waals surface area contributed by atoms with E-state index in [-0.39, 0.29) is 11.5 Å². The van der Waals surface area contributed by atoms with E-state index in [1.807, 2.05) is 51.1 Å². The molecule has 0 saturated heterocycles. The van der Waals surface area contributed by atoms with Crippen molar-refractivity contribution in [2.75, 3.05) is 0 Å². The fraction of sp³-hybridized carbons (Fsp3) is 0.222. The molecule has 0 unspecified atom stereocenters. The van der Waals surface area contributed by atoms with Crippen molar-refractivity contribution in [3.8, 4) is 16.8 Å². The lowest BCUT2D eigenvalue weighted by Gasteiger charge is -2.11. The lowest BCUT2D eigenvalue weighted by Crippen LogP contribution is -2.07. The Hall–Kier alpha value is -3.02. The molecule has 0 aliphatic rings. The van der Waals surface area contributed by atoms with Crippen molar-refractivity contribution in [3.63, 3.8) is 0 Å². The van der Waals surface area contributed by atoms with E-state index in [9.17, 15) is 9.90 Å². The highest BCUT2D eigenvalue weighted by atomic mass is 16.4. The number of carboxylic acid groups (broad SMARTS) is 1. The second kappa shape index (κ2) is 6.23. The minimum Gasteiger partial charge on any atom is -0.478 e. The monoisotopic (exact) mass is 322 g/mol. The number of aromatic carboxylic acids is 1. The van der Waals surface area contributed by atoms with Crippen LogP contribution in [-0.4, -0.2) is 31.3 Å². The highest BCUT2D eigenvalue weighted by Crippen LogP contribution is 2.26. The van der Waals surface area contributed by atoms with E-state index >= 15 is 0 Å². The van der Waals surface area contributed by atoms with Gasteiger partial charge in [0.05, 0.1) is 11.3 Å². The van der Waals surface area contributed by atoms with Crippen molar-refractivity contribution in [1.29, 1.82) is 0 Å². The zero-order valence-corrected chi connectivity index (χ0v) is 13.8. The number of benzene rings is 2. The first kappa shape index (κ1) is 15.9. The lowest BCUT2D eigenvalue weighted by molar-refractivity contribution is 0.0697. The van der Waals surface area contributed by atoms with Gasteiger partial charge >= 0.3 is 5.97 Å². The Morgan fingerprint density at radius 2 is 1.79 bits per heavy atom. The second-order valence-corrected chi connectivity index (χ2v) is 6.04. The van der Waals surface area contributed by atoms with Gasteiger partial charge in [0.1, 0.15) is 0 Å². The molecule has 0 aliphatic heterocycles. The highest BCUT2D eigenvalue weighted by molar-refractivity contribution is 5.90. The third-order valence-corrected chi connectivity index (χ3v) is 3.80. The average molecular weight is 322 g/mol. The number of hydrogen-bond acceptors (Lipinski definition) is 4. The Morgan fingerprint density at radius 1 is 1.08 bits per heavy atom. The van der Waals surface area contributed by atoms with Gasteiger partial charge in [-0.05, 0) is 46.7 Å². The van der Waals surface area contributed by atoms with Crippen LogP contribution in [0.4, 0.5) is 0 Å². The van der Waals surface area contributed by atoms with Crippen LogP contribution in [0.25, 0.3) is 16.8 Å². The van der Waals surface area contributed by atoms with E-state index in [1.165, 1.54) is 0 Å². The molecule has 0 saturated carbocycles. The molecule has 1 heterocycles. The van der Waals surface area contributed by atoms with Crippen molar-refractivity contribution in [2.45, 2.75) is 26.7 Å². The van der Waals surface area contributed by atoms with Crippen molar-refractivity contribution in [1.82, 2.24) is 20.2 Å². The third kappa shape index (κ3) is 3.03. The zero-order valence-electron chi connectivity index (χ0n) is 13.8. The van der Waals surface area contributed by atoms with E-state index in [2.05, 4.69) is 15.5 Å². The summed E-state index contributed by atoms with van der Waals surface area (Å²) < 4.78 is 1.59. The molecule has 6 heteroatoms. The van der Waals surface area contributed by atoms with Gasteiger partial charge in [0.15, 0.2) is 5.82 Å². The summed E-state index contributed by atoms with van der Waals surface area (Å²) in [5.74, 6) is -0.173. The standard InChI is InChI=1S/C18H18N4O2/c1-11(2)17-19-20-21-22(17)16-9-14(8-15(10-16)18(23)24)13-6-4-12(3)5-7-13/h4-11H,1-3H3,(H,23,24). The predicted octanol–water partition coefficient (Wildman–Crippen LogP) is 3.46. The van der Waals surface area contributed by atoms with Crippen LogP contribution in [0, 0.1) is 6.92 Å². The molecular weight excluding hydrogens is 304 g/mol. The van der Waals surface area contributed by atoms with E-state index < -0.39 is 5.97 Å². The van der Waals surface area contributed by atoms with Gasteiger partial charge in [0.25, 0.3) is 0 Å². The van der Waals surface area contributed by atoms with Crippen LogP contribution >= 0.6 is 0 Å². The first-order valence-electron chi connectivity index (χ1n) is 7.70. The number of nitrogens with zero attached hydrogens (tertiary/aromatic N) is 4. The molecule has 2 aromatic carbocycles. The van der Waals surface area contributed by atoms with Crippen molar-refractivity contribution in [3.05, 3.63) is 59.4 Å². The molecule has 122 valence electrons. The van der Waals surface area contributed by atoms with Gasteiger partial charge in [-0.15, -0.1) is 5.10 Å². The Morgan fingerprint density at radius 3 is 2.42 bits per heavy atom. The molecule has 0 fully saturated rings. The molecule has 0 spiro atoms. The van der Waals surface area contributed by atoms with Gasteiger partial charge in [-0.25, -0.2) is 4.79 Å². The average Bonchev–Trinajstić information content (AvgIpc) is 3.05. The Balaban J connectivity index is 2.18. The maximum Gasteiger partial charge on any atom is 0.335 e. The Labute approximate surface area is 139 Å². The van der Waals surface area contributed by atoms with Gasteiger partial charge in [0.2, 0.25) is 0 Å². The van der Waals surface area contributed by atoms with Gasteiger partial charge in [-0.3, -0.25) is 0 Å². The molecule has 24 heavy (non-hydrogen) atoms. The van der Waals surface area contributed by atoms with Crippen LogP contribution in [0.15, 0.2) is 42.5 Å². The number of carbonyl (C=O) groups is 1. The number of hydrogen-bond donors (Lipinski definition) is 1. The third-order valence-electron chi connectivity index (χ3n) is 3.80. The molecule has 0 aliphatic carbocycles. The van der Waals surface area contributed by atoms with Gasteiger partial charge in [-0.2, -0.15) is 4.68 Å². The zero-order chi connectivity index (χ0) is 17.3. The lowest BCUT2D eigenvalue weighted by atomic mass is 10.0. The van der Waals surface area contributed by atoms with Crippen LogP contribution in [0.3, 0.4) is 0 Å². The first-order chi connectivity index (χ1) is 11.5. The highest BCUT2D eigenvalue weighted by Gasteiger charge is 2.15. The van der Waals surface area contributed by atoms with Crippen LogP contribution < -0.4 is 0 Å². The summed E-state index contributed by atoms with van der Waals surface area (Å²) in [5.41, 5.74) is 3.75. The van der Waals surface area contributed by atoms with Gasteiger partial charge < -0.3 is 5.11 Å². The number of aromatic nitrogens is 4. The second-order valence-electron chi connectivity index (χ2n) is 6.04. The van der Waals surface area contributed by atoms with Crippen molar-refractivity contribution in [2.24, 2.45) is 0 Å². The topological polar surface area (TPSA) is 80.9 Å². The molecular formula is C18H18N4O2. The molecule has 3 aromatic rings. The molecule has 1 aromatic heterocycles. The summed E-state index contributed by atoms with van der Waals surface area (Å²) in [6, 6.07) is 13.1. The van der Waals surface area contributed by atoms with E-state index in [1.54, 1.807) is 16.8 Å². The molecule has 6 nitrogen and oxygen atoms in total. The number of rotatable bonds is 4. The summed E-state index contributed by atoms with van der Waals surface area (Å²) in [7, 11) is 0. The maximum absolute atomic E-state index is 11.5. The quantitative estimate of drug-likeness (QED) is 0.795. The fourth-order valence-corrected chi connectivity index (χ4v) is 2.51.